The SMILES string of the molecule is C=CC[CH]C[N]CCCCC. The number of hydrogen-bond acceptors (Lipinski definition) is 0. The van der Waals surface area contributed by atoms with Gasteiger partial charge in [-0.2, -0.15) is 0 Å². The van der Waals surface area contributed by atoms with Crippen LogP contribution in [-0.2, 0) is 0 Å². The van der Waals surface area contributed by atoms with Gasteiger partial charge in [-0.25, -0.2) is 5.32 Å². The lowest BCUT2D eigenvalue weighted by molar-refractivity contribution is 0.626. The molecule has 0 saturated carbocycles. The van der Waals surface area contributed by atoms with Crippen molar-refractivity contribution in [1.82, 2.24) is 5.32 Å². The van der Waals surface area contributed by atoms with Crippen LogP contribution in [0.5, 0.6) is 0 Å². The minimum absolute atomic E-state index is 0.899. The van der Waals surface area contributed by atoms with Crippen molar-refractivity contribution in [1.29, 1.82) is 0 Å². The predicted octanol–water partition coefficient (Wildman–Crippen LogP) is 2.56. The van der Waals surface area contributed by atoms with Crippen molar-refractivity contribution in [3.05, 3.63) is 19.1 Å². The molecular weight excluding hydrogens is 134 g/mol. The topological polar surface area (TPSA) is 14.1 Å². The highest BCUT2D eigenvalue weighted by Gasteiger charge is 1.88. The zero-order valence-electron chi connectivity index (χ0n) is 7.55. The van der Waals surface area contributed by atoms with E-state index in [1.54, 1.807) is 0 Å². The van der Waals surface area contributed by atoms with Gasteiger partial charge in [0.1, 0.15) is 0 Å². The Bertz CT molecular complexity index is 78.9. The summed E-state index contributed by atoms with van der Waals surface area (Å²) in [6.45, 7) is 7.77. The van der Waals surface area contributed by atoms with Crippen LogP contribution in [0.15, 0.2) is 12.7 Å². The van der Waals surface area contributed by atoms with Crippen LogP contribution in [0, 0.1) is 6.42 Å². The highest BCUT2D eigenvalue weighted by atomic mass is 14.8. The minimum Gasteiger partial charge on any atom is -0.241 e. The van der Waals surface area contributed by atoms with Gasteiger partial charge < -0.3 is 0 Å². The van der Waals surface area contributed by atoms with E-state index in [9.17, 15) is 0 Å². The van der Waals surface area contributed by atoms with Crippen molar-refractivity contribution in [2.45, 2.75) is 32.6 Å². The van der Waals surface area contributed by atoms with Gasteiger partial charge in [0.25, 0.3) is 0 Å². The molecule has 2 radical (unpaired) electrons. The lowest BCUT2D eigenvalue weighted by Gasteiger charge is -1.98. The molecule has 0 atom stereocenters. The summed E-state index contributed by atoms with van der Waals surface area (Å²) in [6.07, 6.45) is 8.88. The highest BCUT2D eigenvalue weighted by molar-refractivity contribution is 4.79. The van der Waals surface area contributed by atoms with E-state index in [1.165, 1.54) is 19.3 Å². The number of allylic oxidation sites excluding steroid dienone is 1. The molecule has 64 valence electrons. The second-order valence-corrected chi connectivity index (χ2v) is 2.65. The molecule has 11 heavy (non-hydrogen) atoms. The van der Waals surface area contributed by atoms with Crippen LogP contribution in [0.2, 0.25) is 0 Å². The first-order valence-electron chi connectivity index (χ1n) is 4.47. The number of hydrogen-bond donors (Lipinski definition) is 0. The molecule has 0 aliphatic carbocycles. The van der Waals surface area contributed by atoms with Crippen molar-refractivity contribution in [2.24, 2.45) is 0 Å². The first-order valence-corrected chi connectivity index (χ1v) is 4.47. The molecule has 0 heterocycles. The van der Waals surface area contributed by atoms with Gasteiger partial charge in [0.15, 0.2) is 0 Å². The molecule has 0 aromatic carbocycles. The molecule has 0 N–H and O–H groups in total. The summed E-state index contributed by atoms with van der Waals surface area (Å²) in [5.41, 5.74) is 0. The fourth-order valence-corrected chi connectivity index (χ4v) is 0.849. The molecular formula is C10H19N. The molecule has 0 saturated heterocycles. The van der Waals surface area contributed by atoms with E-state index in [0.717, 1.165) is 19.5 Å². The quantitative estimate of drug-likeness (QED) is 0.376. The maximum absolute atomic E-state index is 4.34. The van der Waals surface area contributed by atoms with Crippen molar-refractivity contribution in [3.8, 4) is 0 Å². The van der Waals surface area contributed by atoms with Gasteiger partial charge in [0.05, 0.1) is 0 Å². The average molecular weight is 153 g/mol. The summed E-state index contributed by atoms with van der Waals surface area (Å²) in [5.74, 6) is 0. The second-order valence-electron chi connectivity index (χ2n) is 2.65. The summed E-state index contributed by atoms with van der Waals surface area (Å²) >= 11 is 0. The molecule has 0 spiro atoms. The Balaban J connectivity index is 2.74. The van der Waals surface area contributed by atoms with E-state index >= 15 is 0 Å². The molecule has 1 heteroatoms. The van der Waals surface area contributed by atoms with Gasteiger partial charge >= 0.3 is 0 Å². The Morgan fingerprint density at radius 1 is 1.36 bits per heavy atom. The summed E-state index contributed by atoms with van der Waals surface area (Å²) < 4.78 is 0. The minimum atomic E-state index is 0.899. The fourth-order valence-electron chi connectivity index (χ4n) is 0.849. The van der Waals surface area contributed by atoms with E-state index in [4.69, 9.17) is 0 Å². The lowest BCUT2D eigenvalue weighted by atomic mass is 10.2. The van der Waals surface area contributed by atoms with E-state index in [1.807, 2.05) is 6.08 Å². The molecule has 0 bridgehead atoms. The number of unbranched alkanes of at least 4 members (excludes halogenated alkanes) is 3. The zero-order valence-corrected chi connectivity index (χ0v) is 7.55. The molecule has 0 aromatic heterocycles. The molecule has 0 aliphatic rings. The molecule has 0 fully saturated rings. The van der Waals surface area contributed by atoms with Crippen LogP contribution in [-0.4, -0.2) is 13.1 Å². The Morgan fingerprint density at radius 2 is 2.18 bits per heavy atom. The summed E-state index contributed by atoms with van der Waals surface area (Å²) in [7, 11) is 0. The van der Waals surface area contributed by atoms with E-state index in [2.05, 4.69) is 25.2 Å². The molecule has 0 unspecified atom stereocenters. The third-order valence-electron chi connectivity index (χ3n) is 1.51. The van der Waals surface area contributed by atoms with Gasteiger partial charge in [-0.15, -0.1) is 6.58 Å². The Hall–Kier alpha value is -0.300. The summed E-state index contributed by atoms with van der Waals surface area (Å²) in [5, 5.41) is 4.34. The third-order valence-corrected chi connectivity index (χ3v) is 1.51. The lowest BCUT2D eigenvalue weighted by Crippen LogP contribution is -2.08. The molecule has 1 nitrogen and oxygen atoms in total. The van der Waals surface area contributed by atoms with Gasteiger partial charge in [-0.1, -0.05) is 25.8 Å². The second kappa shape index (κ2) is 9.70. The van der Waals surface area contributed by atoms with Crippen LogP contribution in [0.4, 0.5) is 0 Å². The molecule has 0 rings (SSSR count). The summed E-state index contributed by atoms with van der Waals surface area (Å²) in [4.78, 5) is 0. The highest BCUT2D eigenvalue weighted by Crippen LogP contribution is 1.92. The third kappa shape index (κ3) is 9.70. The van der Waals surface area contributed by atoms with E-state index in [-0.39, 0.29) is 0 Å². The normalized spacial score (nSPS) is 9.91. The van der Waals surface area contributed by atoms with Gasteiger partial charge in [-0.05, 0) is 19.3 Å². The molecule has 0 amide bonds. The average Bonchev–Trinajstić information content (AvgIpc) is 2.03. The van der Waals surface area contributed by atoms with Crippen LogP contribution in [0.1, 0.15) is 32.6 Å². The molecule has 0 aliphatic heterocycles. The van der Waals surface area contributed by atoms with Crippen LogP contribution < -0.4 is 5.32 Å². The van der Waals surface area contributed by atoms with Crippen LogP contribution in [0.25, 0.3) is 0 Å². The Morgan fingerprint density at radius 3 is 2.82 bits per heavy atom. The zero-order chi connectivity index (χ0) is 8.36. The number of rotatable bonds is 8. The smallest absolute Gasteiger partial charge is 0.0167 e. The predicted molar refractivity (Wildman–Crippen MR) is 50.5 cm³/mol. The first kappa shape index (κ1) is 10.7. The maximum atomic E-state index is 4.34. The van der Waals surface area contributed by atoms with E-state index in [0.29, 0.717) is 0 Å². The van der Waals surface area contributed by atoms with Crippen molar-refractivity contribution in [3.63, 3.8) is 0 Å². The van der Waals surface area contributed by atoms with Gasteiger partial charge in [0, 0.05) is 13.1 Å². The monoisotopic (exact) mass is 153 g/mol. The van der Waals surface area contributed by atoms with Crippen molar-refractivity contribution < 1.29 is 0 Å². The van der Waals surface area contributed by atoms with Crippen LogP contribution in [0.3, 0.4) is 0 Å². The fraction of sp³-hybridized carbons (Fsp3) is 0.700. The Labute approximate surface area is 70.9 Å². The molecule has 0 aromatic rings. The largest absolute Gasteiger partial charge is 0.241 e. The first-order chi connectivity index (χ1) is 5.41. The number of nitrogens with zero attached hydrogens (tertiary/aromatic N) is 1. The van der Waals surface area contributed by atoms with Crippen molar-refractivity contribution >= 4 is 0 Å². The van der Waals surface area contributed by atoms with Crippen LogP contribution >= 0.6 is 0 Å². The summed E-state index contributed by atoms with van der Waals surface area (Å²) in [6, 6.07) is 0. The van der Waals surface area contributed by atoms with Gasteiger partial charge in [0.2, 0.25) is 0 Å². The maximum Gasteiger partial charge on any atom is 0.0167 e. The van der Waals surface area contributed by atoms with Gasteiger partial charge in [-0.3, -0.25) is 0 Å². The Kier molecular flexibility index (Phi) is 9.44. The van der Waals surface area contributed by atoms with E-state index < -0.39 is 0 Å². The van der Waals surface area contributed by atoms with Crippen molar-refractivity contribution in [2.75, 3.05) is 13.1 Å². The standard InChI is InChI=1S/C10H19N/c1-3-5-7-9-11-10-8-6-4-2/h3,7H,1,4-6,8-10H2,2H3.